The van der Waals surface area contributed by atoms with Gasteiger partial charge >= 0.3 is 0 Å². The molecule has 1 aromatic carbocycles. The van der Waals surface area contributed by atoms with Crippen molar-refractivity contribution in [2.24, 2.45) is 0 Å². The number of thiophene rings is 1. The van der Waals surface area contributed by atoms with Crippen LogP contribution in [-0.4, -0.2) is 17.6 Å². The van der Waals surface area contributed by atoms with Gasteiger partial charge in [0.1, 0.15) is 0 Å². The Labute approximate surface area is 125 Å². The van der Waals surface area contributed by atoms with Crippen molar-refractivity contribution < 1.29 is 8.42 Å². The first-order valence-electron chi connectivity index (χ1n) is 5.69. The van der Waals surface area contributed by atoms with E-state index in [2.05, 4.69) is 5.10 Å². The molecular weight excluding hydrogens is 316 g/mol. The Morgan fingerprint density at radius 1 is 1.10 bits per heavy atom. The van der Waals surface area contributed by atoms with Crippen molar-refractivity contribution in [3.8, 4) is 10.6 Å². The Morgan fingerprint density at radius 2 is 1.85 bits per heavy atom. The third-order valence-electron chi connectivity index (χ3n) is 2.73. The van der Waals surface area contributed by atoms with Crippen LogP contribution in [-0.2, 0) is 10.0 Å². The highest BCUT2D eigenvalue weighted by atomic mass is 35.5. The summed E-state index contributed by atoms with van der Waals surface area (Å²) in [4.78, 5) is 0.876. The first-order valence-corrected chi connectivity index (χ1v) is 8.38. The lowest BCUT2D eigenvalue weighted by Gasteiger charge is -2.08. The molecule has 0 aliphatic heterocycles. The molecule has 0 fully saturated rings. The molecule has 0 aliphatic carbocycles. The molecule has 0 amide bonds. The number of halogens is 1. The van der Waals surface area contributed by atoms with Gasteiger partial charge in [-0.3, -0.25) is 0 Å². The summed E-state index contributed by atoms with van der Waals surface area (Å²) in [6, 6.07) is 11.6. The third-order valence-corrected chi connectivity index (χ3v) is 5.71. The van der Waals surface area contributed by atoms with Gasteiger partial charge in [0.05, 0.1) is 26.7 Å². The van der Waals surface area contributed by atoms with Crippen LogP contribution in [0.1, 0.15) is 0 Å². The lowest BCUT2D eigenvalue weighted by atomic mass is 10.3. The molecule has 102 valence electrons. The van der Waals surface area contributed by atoms with Gasteiger partial charge in [0, 0.05) is 0 Å². The van der Waals surface area contributed by atoms with Crippen molar-refractivity contribution in [2.75, 3.05) is 0 Å². The van der Waals surface area contributed by atoms with Crippen LogP contribution in [0.25, 0.3) is 10.6 Å². The predicted octanol–water partition coefficient (Wildman–Crippen LogP) is 3.50. The van der Waals surface area contributed by atoms with Gasteiger partial charge in [-0.25, -0.2) is 0 Å². The van der Waals surface area contributed by atoms with Crippen LogP contribution in [0.4, 0.5) is 0 Å². The van der Waals surface area contributed by atoms with E-state index >= 15 is 0 Å². The molecule has 3 aromatic rings. The third kappa shape index (κ3) is 2.15. The predicted molar refractivity (Wildman–Crippen MR) is 79.6 cm³/mol. The molecule has 4 nitrogen and oxygen atoms in total. The van der Waals surface area contributed by atoms with Gasteiger partial charge in [-0.2, -0.15) is 17.6 Å². The molecule has 0 unspecified atom stereocenters. The zero-order chi connectivity index (χ0) is 14.2. The second-order valence-corrected chi connectivity index (χ2v) is 7.07. The summed E-state index contributed by atoms with van der Waals surface area (Å²) >= 11 is 7.45. The fourth-order valence-corrected chi connectivity index (χ4v) is 4.33. The standard InChI is InChI=1S/C13H9ClN2O2S2/c14-11-7-9-19-13(11)12-6-8-15-16(12)20(17,18)10-4-2-1-3-5-10/h1-9H. The first-order chi connectivity index (χ1) is 9.60. The Bertz CT molecular complexity index is 838. The average Bonchev–Trinajstić information content (AvgIpc) is 3.08. The van der Waals surface area contributed by atoms with E-state index in [1.54, 1.807) is 30.3 Å². The number of hydrogen-bond donors (Lipinski definition) is 0. The summed E-state index contributed by atoms with van der Waals surface area (Å²) in [7, 11) is -3.72. The largest absolute Gasteiger partial charge is 0.283 e. The molecule has 0 radical (unpaired) electrons. The molecule has 0 saturated heterocycles. The zero-order valence-electron chi connectivity index (χ0n) is 10.1. The van der Waals surface area contributed by atoms with Crippen LogP contribution in [0.15, 0.2) is 58.9 Å². The molecule has 3 rings (SSSR count). The van der Waals surface area contributed by atoms with Gasteiger partial charge in [0.2, 0.25) is 0 Å². The van der Waals surface area contributed by atoms with Gasteiger partial charge in [-0.1, -0.05) is 29.8 Å². The zero-order valence-corrected chi connectivity index (χ0v) is 12.5. The van der Waals surface area contributed by atoms with Crippen molar-refractivity contribution in [3.63, 3.8) is 0 Å². The van der Waals surface area contributed by atoms with E-state index in [4.69, 9.17) is 11.6 Å². The minimum Gasteiger partial charge on any atom is -0.199 e. The van der Waals surface area contributed by atoms with E-state index in [1.165, 1.54) is 29.7 Å². The Kier molecular flexibility index (Phi) is 3.37. The number of benzene rings is 1. The van der Waals surface area contributed by atoms with E-state index in [1.807, 2.05) is 5.38 Å². The van der Waals surface area contributed by atoms with E-state index in [-0.39, 0.29) is 4.90 Å². The summed E-state index contributed by atoms with van der Waals surface area (Å²) in [5.41, 5.74) is 0.467. The normalized spacial score (nSPS) is 11.7. The molecule has 0 atom stereocenters. The van der Waals surface area contributed by atoms with Crippen LogP contribution >= 0.6 is 22.9 Å². The Morgan fingerprint density at radius 3 is 2.50 bits per heavy atom. The quantitative estimate of drug-likeness (QED) is 0.741. The Hall–Kier alpha value is -1.63. The van der Waals surface area contributed by atoms with Gasteiger partial charge < -0.3 is 0 Å². The van der Waals surface area contributed by atoms with Gasteiger partial charge in [0.15, 0.2) is 0 Å². The summed E-state index contributed by atoms with van der Waals surface area (Å²) in [5.74, 6) is 0. The van der Waals surface area contributed by atoms with E-state index in [9.17, 15) is 8.42 Å². The van der Waals surface area contributed by atoms with Crippen molar-refractivity contribution in [3.05, 3.63) is 59.1 Å². The molecule has 0 spiro atoms. The summed E-state index contributed by atoms with van der Waals surface area (Å²) in [5, 5.41) is 6.26. The van der Waals surface area contributed by atoms with Crippen molar-refractivity contribution in [2.45, 2.75) is 4.90 Å². The van der Waals surface area contributed by atoms with Crippen LogP contribution in [0.3, 0.4) is 0 Å². The molecule has 2 aromatic heterocycles. The Balaban J connectivity index is 2.18. The second kappa shape index (κ2) is 5.05. The highest BCUT2D eigenvalue weighted by Gasteiger charge is 2.22. The molecule has 20 heavy (non-hydrogen) atoms. The number of hydrogen-bond acceptors (Lipinski definition) is 4. The topological polar surface area (TPSA) is 52.0 Å². The minimum absolute atomic E-state index is 0.192. The fourth-order valence-electron chi connectivity index (χ4n) is 1.81. The smallest absolute Gasteiger partial charge is 0.199 e. The monoisotopic (exact) mass is 324 g/mol. The number of aromatic nitrogens is 2. The first kappa shape index (κ1) is 13.4. The van der Waals surface area contributed by atoms with Gasteiger partial charge in [0.25, 0.3) is 10.0 Å². The lowest BCUT2D eigenvalue weighted by Crippen LogP contribution is -2.15. The molecule has 0 aliphatic rings. The maximum absolute atomic E-state index is 12.6. The molecule has 0 bridgehead atoms. The van der Waals surface area contributed by atoms with Crippen LogP contribution in [0.2, 0.25) is 5.02 Å². The summed E-state index contributed by atoms with van der Waals surface area (Å²) in [6.07, 6.45) is 1.45. The molecule has 0 saturated carbocycles. The highest BCUT2D eigenvalue weighted by Crippen LogP contribution is 2.34. The minimum atomic E-state index is -3.72. The fraction of sp³-hybridized carbons (Fsp3) is 0. The van der Waals surface area contributed by atoms with E-state index in [0.29, 0.717) is 15.6 Å². The maximum atomic E-state index is 12.6. The van der Waals surface area contributed by atoms with Crippen molar-refractivity contribution in [1.29, 1.82) is 0 Å². The van der Waals surface area contributed by atoms with Crippen molar-refractivity contribution in [1.82, 2.24) is 9.19 Å². The summed E-state index contributed by atoms with van der Waals surface area (Å²) in [6.45, 7) is 0. The molecule has 2 heterocycles. The number of nitrogens with zero attached hydrogens (tertiary/aromatic N) is 2. The SMILES string of the molecule is O=S(=O)(c1ccccc1)n1nccc1-c1sccc1Cl. The highest BCUT2D eigenvalue weighted by molar-refractivity contribution is 7.90. The van der Waals surface area contributed by atoms with Crippen LogP contribution in [0, 0.1) is 0 Å². The van der Waals surface area contributed by atoms with Crippen molar-refractivity contribution >= 4 is 33.0 Å². The molecule has 0 N–H and O–H groups in total. The summed E-state index contributed by atoms with van der Waals surface area (Å²) < 4.78 is 26.2. The van der Waals surface area contributed by atoms with Gasteiger partial charge in [-0.15, -0.1) is 11.3 Å². The average molecular weight is 325 g/mol. The lowest BCUT2D eigenvalue weighted by molar-refractivity contribution is 0.581. The second-order valence-electron chi connectivity index (χ2n) is 3.98. The van der Waals surface area contributed by atoms with Crippen LogP contribution < -0.4 is 0 Å². The van der Waals surface area contributed by atoms with Gasteiger partial charge in [-0.05, 0) is 29.6 Å². The van der Waals surface area contributed by atoms with E-state index in [0.717, 1.165) is 4.09 Å². The molecule has 7 heteroatoms. The van der Waals surface area contributed by atoms with E-state index < -0.39 is 10.0 Å². The number of rotatable bonds is 3. The van der Waals surface area contributed by atoms with Crippen LogP contribution in [0.5, 0.6) is 0 Å². The molecular formula is C13H9ClN2O2S2. The maximum Gasteiger partial charge on any atom is 0.283 e.